The lowest BCUT2D eigenvalue weighted by Crippen LogP contribution is -2.48. The van der Waals surface area contributed by atoms with Crippen molar-refractivity contribution in [2.75, 3.05) is 32.7 Å². The standard InChI is InChI=1S/C13H26N4O2/c1-10(2)11(17-5-3-4-6-17)8-15-13(19)9-16-12(18)7-14/h10-11H,3-9,14H2,1-2H3,(H,15,19)(H,16,18). The Morgan fingerprint density at radius 1 is 1.16 bits per heavy atom. The van der Waals surface area contributed by atoms with Gasteiger partial charge in [-0.3, -0.25) is 14.5 Å². The number of hydrogen-bond acceptors (Lipinski definition) is 4. The van der Waals surface area contributed by atoms with Crippen molar-refractivity contribution in [3.63, 3.8) is 0 Å². The fourth-order valence-electron chi connectivity index (χ4n) is 2.39. The Morgan fingerprint density at radius 3 is 2.32 bits per heavy atom. The van der Waals surface area contributed by atoms with E-state index in [1.807, 2.05) is 0 Å². The van der Waals surface area contributed by atoms with Gasteiger partial charge in [-0.25, -0.2) is 0 Å². The number of nitrogens with one attached hydrogen (secondary N) is 2. The van der Waals surface area contributed by atoms with Crippen LogP contribution in [-0.4, -0.2) is 55.5 Å². The Kier molecular flexibility index (Phi) is 6.80. The van der Waals surface area contributed by atoms with Crippen molar-refractivity contribution < 1.29 is 9.59 Å². The van der Waals surface area contributed by atoms with Crippen molar-refractivity contribution >= 4 is 11.8 Å². The van der Waals surface area contributed by atoms with E-state index in [-0.39, 0.29) is 24.9 Å². The molecule has 1 aliphatic heterocycles. The van der Waals surface area contributed by atoms with Gasteiger partial charge in [-0.1, -0.05) is 13.8 Å². The third-order valence-electron chi connectivity index (χ3n) is 3.52. The minimum atomic E-state index is -0.310. The molecule has 6 nitrogen and oxygen atoms in total. The van der Waals surface area contributed by atoms with Crippen molar-refractivity contribution in [3.05, 3.63) is 0 Å². The van der Waals surface area contributed by atoms with Gasteiger partial charge in [-0.05, 0) is 31.8 Å². The van der Waals surface area contributed by atoms with Gasteiger partial charge in [-0.15, -0.1) is 0 Å². The van der Waals surface area contributed by atoms with E-state index in [0.29, 0.717) is 18.5 Å². The Hall–Kier alpha value is -1.14. The van der Waals surface area contributed by atoms with E-state index in [0.717, 1.165) is 13.1 Å². The maximum Gasteiger partial charge on any atom is 0.239 e. The van der Waals surface area contributed by atoms with Crippen LogP contribution in [0, 0.1) is 5.92 Å². The van der Waals surface area contributed by atoms with Crippen LogP contribution in [0.25, 0.3) is 0 Å². The van der Waals surface area contributed by atoms with Crippen LogP contribution in [0.4, 0.5) is 0 Å². The fourth-order valence-corrected chi connectivity index (χ4v) is 2.39. The molecule has 1 aliphatic rings. The van der Waals surface area contributed by atoms with Crippen molar-refractivity contribution in [3.8, 4) is 0 Å². The van der Waals surface area contributed by atoms with Crippen LogP contribution in [0.15, 0.2) is 0 Å². The van der Waals surface area contributed by atoms with E-state index < -0.39 is 0 Å². The van der Waals surface area contributed by atoms with Gasteiger partial charge in [-0.2, -0.15) is 0 Å². The summed E-state index contributed by atoms with van der Waals surface area (Å²) < 4.78 is 0. The van der Waals surface area contributed by atoms with Crippen LogP contribution < -0.4 is 16.4 Å². The minimum Gasteiger partial charge on any atom is -0.353 e. The highest BCUT2D eigenvalue weighted by Gasteiger charge is 2.24. The predicted molar refractivity (Wildman–Crippen MR) is 74.5 cm³/mol. The molecule has 1 fully saturated rings. The average Bonchev–Trinajstić information content (AvgIpc) is 2.89. The molecular formula is C13H26N4O2. The van der Waals surface area contributed by atoms with Gasteiger partial charge in [0.1, 0.15) is 0 Å². The maximum atomic E-state index is 11.6. The molecule has 1 saturated heterocycles. The summed E-state index contributed by atoms with van der Waals surface area (Å²) in [5.74, 6) is 0.0267. The zero-order valence-corrected chi connectivity index (χ0v) is 11.9. The lowest BCUT2D eigenvalue weighted by atomic mass is 10.0. The first-order valence-electron chi connectivity index (χ1n) is 7.02. The van der Waals surface area contributed by atoms with Gasteiger partial charge in [0.05, 0.1) is 13.1 Å². The number of amides is 2. The Bertz CT molecular complexity index is 301. The Labute approximate surface area is 115 Å². The van der Waals surface area contributed by atoms with Gasteiger partial charge in [0.25, 0.3) is 0 Å². The van der Waals surface area contributed by atoms with Crippen LogP contribution in [0.1, 0.15) is 26.7 Å². The molecule has 0 aromatic rings. The predicted octanol–water partition coefficient (Wildman–Crippen LogP) is -0.702. The number of carbonyl (C=O) groups is 2. The minimum absolute atomic E-state index is 0.000842. The van der Waals surface area contributed by atoms with Gasteiger partial charge >= 0.3 is 0 Å². The number of likely N-dealkylation sites (tertiary alicyclic amines) is 1. The number of nitrogens with zero attached hydrogens (tertiary/aromatic N) is 1. The molecule has 0 radical (unpaired) electrons. The molecular weight excluding hydrogens is 244 g/mol. The summed E-state index contributed by atoms with van der Waals surface area (Å²) in [6.45, 7) is 7.12. The van der Waals surface area contributed by atoms with E-state index in [9.17, 15) is 9.59 Å². The topological polar surface area (TPSA) is 87.5 Å². The first-order chi connectivity index (χ1) is 9.04. The smallest absolute Gasteiger partial charge is 0.239 e. The second-order valence-corrected chi connectivity index (χ2v) is 5.34. The van der Waals surface area contributed by atoms with E-state index in [1.165, 1.54) is 12.8 Å². The van der Waals surface area contributed by atoms with E-state index >= 15 is 0 Å². The third kappa shape index (κ3) is 5.57. The molecule has 1 unspecified atom stereocenters. The summed E-state index contributed by atoms with van der Waals surface area (Å²) in [7, 11) is 0. The summed E-state index contributed by atoms with van der Waals surface area (Å²) in [5.41, 5.74) is 5.15. The molecule has 0 aliphatic carbocycles. The molecule has 1 heterocycles. The summed E-state index contributed by atoms with van der Waals surface area (Å²) in [6.07, 6.45) is 2.48. The Morgan fingerprint density at radius 2 is 1.79 bits per heavy atom. The molecule has 1 rings (SSSR count). The normalized spacial score (nSPS) is 17.5. The number of carbonyl (C=O) groups excluding carboxylic acids is 2. The molecule has 0 bridgehead atoms. The number of rotatable bonds is 7. The Balaban J connectivity index is 2.31. The van der Waals surface area contributed by atoms with Gasteiger partial charge < -0.3 is 16.4 Å². The van der Waals surface area contributed by atoms with E-state index in [4.69, 9.17) is 5.73 Å². The summed E-state index contributed by atoms with van der Waals surface area (Å²) in [5, 5.41) is 5.35. The van der Waals surface area contributed by atoms with E-state index in [2.05, 4.69) is 29.4 Å². The zero-order chi connectivity index (χ0) is 14.3. The summed E-state index contributed by atoms with van der Waals surface area (Å²) in [4.78, 5) is 25.0. The van der Waals surface area contributed by atoms with Crippen LogP contribution >= 0.6 is 0 Å². The zero-order valence-electron chi connectivity index (χ0n) is 11.9. The van der Waals surface area contributed by atoms with Crippen LogP contribution in [0.5, 0.6) is 0 Å². The highest BCUT2D eigenvalue weighted by molar-refractivity contribution is 5.85. The average molecular weight is 270 g/mol. The second kappa shape index (κ2) is 8.12. The van der Waals surface area contributed by atoms with Crippen LogP contribution in [0.2, 0.25) is 0 Å². The number of hydrogen-bond donors (Lipinski definition) is 3. The first-order valence-corrected chi connectivity index (χ1v) is 7.02. The fraction of sp³-hybridized carbons (Fsp3) is 0.846. The SMILES string of the molecule is CC(C)C(CNC(=O)CNC(=O)CN)N1CCCC1. The summed E-state index contributed by atoms with van der Waals surface area (Å²) in [6, 6.07) is 0.372. The van der Waals surface area contributed by atoms with Crippen molar-refractivity contribution in [1.29, 1.82) is 0 Å². The first kappa shape index (κ1) is 15.9. The molecule has 0 aromatic carbocycles. The van der Waals surface area contributed by atoms with Crippen LogP contribution in [0.3, 0.4) is 0 Å². The monoisotopic (exact) mass is 270 g/mol. The summed E-state index contributed by atoms with van der Waals surface area (Å²) >= 11 is 0. The second-order valence-electron chi connectivity index (χ2n) is 5.34. The highest BCUT2D eigenvalue weighted by atomic mass is 16.2. The van der Waals surface area contributed by atoms with Gasteiger partial charge in [0.15, 0.2) is 0 Å². The van der Waals surface area contributed by atoms with Gasteiger partial charge in [0.2, 0.25) is 11.8 Å². The molecule has 6 heteroatoms. The number of nitrogens with two attached hydrogens (primary N) is 1. The van der Waals surface area contributed by atoms with Crippen molar-refractivity contribution in [1.82, 2.24) is 15.5 Å². The lowest BCUT2D eigenvalue weighted by Gasteiger charge is -2.31. The van der Waals surface area contributed by atoms with Gasteiger partial charge in [0, 0.05) is 12.6 Å². The molecule has 110 valence electrons. The lowest BCUT2D eigenvalue weighted by molar-refractivity contribution is -0.125. The van der Waals surface area contributed by atoms with E-state index in [1.54, 1.807) is 0 Å². The molecule has 19 heavy (non-hydrogen) atoms. The molecule has 0 aromatic heterocycles. The molecule has 1 atom stereocenters. The third-order valence-corrected chi connectivity index (χ3v) is 3.52. The molecule has 0 saturated carbocycles. The highest BCUT2D eigenvalue weighted by Crippen LogP contribution is 2.16. The quantitative estimate of drug-likeness (QED) is 0.571. The van der Waals surface area contributed by atoms with Crippen molar-refractivity contribution in [2.24, 2.45) is 11.7 Å². The molecule has 0 spiro atoms. The maximum absolute atomic E-state index is 11.6. The van der Waals surface area contributed by atoms with Crippen LogP contribution in [-0.2, 0) is 9.59 Å². The largest absolute Gasteiger partial charge is 0.353 e. The molecule has 4 N–H and O–H groups in total. The van der Waals surface area contributed by atoms with Crippen molar-refractivity contribution in [2.45, 2.75) is 32.7 Å². The molecule has 2 amide bonds.